The van der Waals surface area contributed by atoms with E-state index in [0.29, 0.717) is 83.4 Å². The quantitative estimate of drug-likeness (QED) is 0.0816. The van der Waals surface area contributed by atoms with Gasteiger partial charge in [-0.25, -0.2) is 17.9 Å². The molecular weight excluding hydrogens is 1060 g/mol. The maximum atomic E-state index is 15.3. The van der Waals surface area contributed by atoms with Crippen LogP contribution in [-0.4, -0.2) is 104 Å². The molecule has 0 spiro atoms. The predicted molar refractivity (Wildman–Crippen MR) is 303 cm³/mol. The van der Waals surface area contributed by atoms with Crippen molar-refractivity contribution in [2.24, 2.45) is 5.92 Å². The zero-order valence-corrected chi connectivity index (χ0v) is 46.1. The number of carbonyl (C=O) groups excluding carboxylic acids is 2. The van der Waals surface area contributed by atoms with Crippen LogP contribution in [0, 0.1) is 34.7 Å². The molecule has 17 nitrogen and oxygen atoms in total. The van der Waals surface area contributed by atoms with Crippen molar-refractivity contribution in [3.05, 3.63) is 125 Å². The highest BCUT2D eigenvalue weighted by Crippen LogP contribution is 2.46. The molecule has 8 heterocycles. The Kier molecular flexibility index (Phi) is 15.9. The predicted octanol–water partition coefficient (Wildman–Crippen LogP) is 10.1. The number of fused-ring (bicyclic) bond motifs is 4. The number of piperazine rings is 1. The Hall–Kier alpha value is -8.19. The number of hydrogen-bond donors (Lipinski definition) is 3. The molecule has 4 fully saturated rings. The number of nitrogens with two attached hydrogens (primary N) is 1. The molecule has 0 saturated carbocycles. The van der Waals surface area contributed by atoms with Crippen LogP contribution in [0.25, 0.3) is 54.6 Å². The van der Waals surface area contributed by atoms with E-state index in [2.05, 4.69) is 52.7 Å². The van der Waals surface area contributed by atoms with E-state index < -0.39 is 23.5 Å². The number of rotatable bonds is 15. The SMILES string of the molecule is CC(C)C(C)n1cc(-c2ccc(COc3c(-c4ccc(F)c5sc(N)c(C#N)c45)ncc4c(N5CC6CC5CN6)nc(OC5CCOCC5)nc34)cc2)nn1.CC(NC(=O)C1CCCN1C=O)c1ccc(-c2c(F)cccc2F)cc1. The fourth-order valence-electron chi connectivity index (χ4n) is 11.0. The van der Waals surface area contributed by atoms with E-state index in [-0.39, 0.29) is 63.6 Å². The van der Waals surface area contributed by atoms with E-state index >= 15 is 4.39 Å². The molecule has 12 rings (SSSR count). The van der Waals surface area contributed by atoms with Crippen molar-refractivity contribution in [1.82, 2.24) is 45.5 Å². The van der Waals surface area contributed by atoms with Gasteiger partial charge in [-0.15, -0.1) is 16.4 Å². The number of carbonyl (C=O) groups is 2. The lowest BCUT2D eigenvalue weighted by molar-refractivity contribution is -0.131. The number of nitrogen functional groups attached to an aromatic ring is 1. The molecule has 5 atom stereocenters. The van der Waals surface area contributed by atoms with Crippen LogP contribution < -0.4 is 30.7 Å². The number of nitrogens with zero attached hydrogens (tertiary/aromatic N) is 9. The van der Waals surface area contributed by atoms with Crippen molar-refractivity contribution in [3.63, 3.8) is 0 Å². The lowest BCUT2D eigenvalue weighted by atomic mass is 10.0. The second kappa shape index (κ2) is 23.5. The summed E-state index contributed by atoms with van der Waals surface area (Å²) in [6.07, 6.45) is 8.28. The second-order valence-corrected chi connectivity index (χ2v) is 22.4. The standard InChI is InChI=1S/C40H41FN10O3S.C20H20F2N2O2/c1-21(2)22(3)51-19-32(48-49-51)24-6-4-23(5-7-24)20-53-36-34(28-8-9-31(41)37-33(28)29(15-42)38(43)55-37)45-17-30-35(36)46-40(54-27-10-12-52-13-11-27)47-39(30)50-18-25-14-26(50)16-44-25;1-13(23-20(26)18-6-3-11-24(18)12-25)14-7-9-15(10-8-14)19-16(21)4-2-5-17(19)22/h4-9,17,19,21-22,25-27,44H,10-14,16,18,20,43H2,1-3H3;2,4-5,7-10,12-13,18H,3,6,11H2,1H3,(H,23,26). The molecule has 2 amide bonds. The van der Waals surface area contributed by atoms with Crippen LogP contribution in [0.15, 0.2) is 91.3 Å². The van der Waals surface area contributed by atoms with Crippen LogP contribution in [0.2, 0.25) is 0 Å². The van der Waals surface area contributed by atoms with Crippen molar-refractivity contribution in [3.8, 4) is 51.5 Å². The minimum absolute atomic E-state index is 0.0664. The smallest absolute Gasteiger partial charge is 0.319 e. The van der Waals surface area contributed by atoms with Gasteiger partial charge in [0.15, 0.2) is 5.75 Å². The third-order valence-corrected chi connectivity index (χ3v) is 16.9. The number of hydrogen-bond acceptors (Lipinski definition) is 15. The van der Waals surface area contributed by atoms with Gasteiger partial charge in [0.05, 0.1) is 52.7 Å². The Labute approximate surface area is 470 Å². The summed E-state index contributed by atoms with van der Waals surface area (Å²) in [7, 11) is 0. The zero-order valence-electron chi connectivity index (χ0n) is 45.2. The molecule has 8 aromatic rings. The number of anilines is 2. The van der Waals surface area contributed by atoms with Crippen LogP contribution in [-0.2, 0) is 20.9 Å². The summed E-state index contributed by atoms with van der Waals surface area (Å²) < 4.78 is 64.1. The van der Waals surface area contributed by atoms with Crippen LogP contribution in [0.5, 0.6) is 11.8 Å². The number of aromatic nitrogens is 6. The number of pyridine rings is 1. The molecular formula is C60H61F3N12O5S. The topological polar surface area (TPSA) is 212 Å². The maximum absolute atomic E-state index is 15.3. The molecule has 2 bridgehead atoms. The van der Waals surface area contributed by atoms with Crippen LogP contribution in [0.1, 0.15) is 88.6 Å². The molecule has 81 heavy (non-hydrogen) atoms. The van der Waals surface area contributed by atoms with Crippen LogP contribution in [0.4, 0.5) is 24.0 Å². The van der Waals surface area contributed by atoms with Crippen molar-refractivity contribution in [2.45, 2.75) is 103 Å². The maximum Gasteiger partial charge on any atom is 0.319 e. The van der Waals surface area contributed by atoms with Crippen molar-refractivity contribution < 1.29 is 37.0 Å². The molecule has 0 radical (unpaired) electrons. The van der Waals surface area contributed by atoms with Gasteiger partial charge in [0.2, 0.25) is 12.3 Å². The monoisotopic (exact) mass is 1120 g/mol. The number of benzene rings is 4. The summed E-state index contributed by atoms with van der Waals surface area (Å²) in [5.74, 6) is -0.360. The van der Waals surface area contributed by atoms with Gasteiger partial charge in [-0.1, -0.05) is 73.7 Å². The number of likely N-dealkylation sites (tertiary alicyclic amines) is 1. The first-order chi connectivity index (χ1) is 39.3. The van der Waals surface area contributed by atoms with E-state index in [0.717, 1.165) is 78.3 Å². The Balaban J connectivity index is 0.000000222. The van der Waals surface area contributed by atoms with E-state index in [1.54, 1.807) is 36.5 Å². The van der Waals surface area contributed by atoms with E-state index in [1.165, 1.54) is 29.2 Å². The van der Waals surface area contributed by atoms with Crippen molar-refractivity contribution >= 4 is 55.5 Å². The first-order valence-electron chi connectivity index (χ1n) is 27.3. The molecule has 4 aliphatic rings. The Morgan fingerprint density at radius 2 is 1.73 bits per heavy atom. The number of ether oxygens (including phenoxy) is 3. The Morgan fingerprint density at radius 3 is 2.42 bits per heavy atom. The highest BCUT2D eigenvalue weighted by Gasteiger charge is 2.40. The van der Waals surface area contributed by atoms with Gasteiger partial charge >= 0.3 is 6.01 Å². The number of amides is 2. The molecule has 418 valence electrons. The van der Waals surface area contributed by atoms with Crippen molar-refractivity contribution in [1.29, 1.82) is 5.26 Å². The van der Waals surface area contributed by atoms with Gasteiger partial charge in [-0.3, -0.25) is 14.6 Å². The molecule has 4 aliphatic heterocycles. The van der Waals surface area contributed by atoms with Crippen LogP contribution >= 0.6 is 11.3 Å². The van der Waals surface area contributed by atoms with E-state index in [4.69, 9.17) is 34.9 Å². The normalized spacial score (nSPS) is 18.7. The molecule has 4 saturated heterocycles. The summed E-state index contributed by atoms with van der Waals surface area (Å²) in [6, 6.07) is 24.1. The third-order valence-electron chi connectivity index (χ3n) is 15.9. The number of nitriles is 1. The summed E-state index contributed by atoms with van der Waals surface area (Å²) in [5, 5.41) is 26.7. The lowest BCUT2D eigenvalue weighted by Crippen LogP contribution is -2.44. The largest absolute Gasteiger partial charge is 0.484 e. The number of nitrogens with one attached hydrogen (secondary N) is 2. The summed E-state index contributed by atoms with van der Waals surface area (Å²) in [4.78, 5) is 42.2. The summed E-state index contributed by atoms with van der Waals surface area (Å²) >= 11 is 1.04. The Morgan fingerprint density at radius 1 is 0.975 bits per heavy atom. The average molecular weight is 1120 g/mol. The number of halogens is 3. The van der Waals surface area contributed by atoms with Crippen molar-refractivity contribution in [2.75, 3.05) is 43.5 Å². The minimum Gasteiger partial charge on any atom is -0.484 e. The molecule has 4 aromatic carbocycles. The highest BCUT2D eigenvalue weighted by atomic mass is 32.1. The molecule has 0 aliphatic carbocycles. The van der Waals surface area contributed by atoms with Gasteiger partial charge in [-0.2, -0.15) is 15.2 Å². The summed E-state index contributed by atoms with van der Waals surface area (Å²) in [6.45, 7) is 11.9. The molecule has 21 heteroatoms. The fraction of sp³-hybridized carbons (Fsp3) is 0.367. The molecule has 4 N–H and O–H groups in total. The minimum atomic E-state index is -0.616. The zero-order chi connectivity index (χ0) is 56.5. The first-order valence-corrected chi connectivity index (χ1v) is 28.1. The summed E-state index contributed by atoms with van der Waals surface area (Å²) in [5.41, 5.74) is 11.7. The van der Waals surface area contributed by atoms with Gasteiger partial charge in [0.25, 0.3) is 0 Å². The van der Waals surface area contributed by atoms with Crippen LogP contribution in [0.3, 0.4) is 0 Å². The molecule has 4 aromatic heterocycles. The Bertz CT molecular complexity index is 3640. The molecule has 5 unspecified atom stereocenters. The van der Waals surface area contributed by atoms with Gasteiger partial charge in [0.1, 0.15) is 70.0 Å². The lowest BCUT2D eigenvalue weighted by Gasteiger charge is -2.30. The van der Waals surface area contributed by atoms with E-state index in [9.17, 15) is 23.6 Å². The number of thiophene rings is 1. The fourth-order valence-corrected chi connectivity index (χ4v) is 12.0. The van der Waals surface area contributed by atoms with E-state index in [1.807, 2.05) is 42.1 Å². The highest BCUT2D eigenvalue weighted by molar-refractivity contribution is 7.23. The van der Waals surface area contributed by atoms with Gasteiger partial charge in [-0.05, 0) is 80.0 Å². The van der Waals surface area contributed by atoms with Gasteiger partial charge in [0, 0.05) is 67.3 Å². The second-order valence-electron chi connectivity index (χ2n) is 21.4. The first kappa shape index (κ1) is 54.8. The average Bonchev–Trinajstić information content (AvgIpc) is 4.47. The van der Waals surface area contributed by atoms with Gasteiger partial charge < -0.3 is 40.4 Å². The third kappa shape index (κ3) is 11.2.